The highest BCUT2D eigenvalue weighted by atomic mass is 16.5. The molecule has 1 saturated carbocycles. The smallest absolute Gasteiger partial charge is 0.306 e. The topological polar surface area (TPSA) is 65.7 Å². The summed E-state index contributed by atoms with van der Waals surface area (Å²) in [5.41, 5.74) is 1.67. The first-order chi connectivity index (χ1) is 14.7. The number of carbonyl (C=O) groups excluding carboxylic acids is 2. The van der Waals surface area contributed by atoms with Crippen LogP contribution >= 0.6 is 0 Å². The van der Waals surface area contributed by atoms with Gasteiger partial charge in [0.2, 0.25) is 0 Å². The number of carbonyl (C=O) groups is 2. The lowest BCUT2D eigenvalue weighted by Crippen LogP contribution is -2.21. The van der Waals surface area contributed by atoms with Crippen LogP contribution in [-0.2, 0) is 16.0 Å². The Balaban J connectivity index is 1.60. The largest absolute Gasteiger partial charge is 0.497 e. The van der Waals surface area contributed by atoms with Crippen molar-refractivity contribution in [3.8, 4) is 5.75 Å². The summed E-state index contributed by atoms with van der Waals surface area (Å²) in [7, 11) is 1.59. The fraction of sp³-hybridized carbons (Fsp3) is 0.360. The quantitative estimate of drug-likeness (QED) is 0.384. The Kier molecular flexibility index (Phi) is 6.17. The van der Waals surface area contributed by atoms with E-state index in [9.17, 15) is 9.59 Å². The number of esters is 1. The molecule has 0 spiro atoms. The van der Waals surface area contributed by atoms with Gasteiger partial charge >= 0.3 is 5.97 Å². The molecule has 0 bridgehead atoms. The summed E-state index contributed by atoms with van der Waals surface area (Å²) in [5.74, 6) is 0.790. The molecule has 3 aromatic rings. The van der Waals surface area contributed by atoms with Crippen molar-refractivity contribution in [2.75, 3.05) is 7.11 Å². The summed E-state index contributed by atoms with van der Waals surface area (Å²) < 4.78 is 16.9. The van der Waals surface area contributed by atoms with Gasteiger partial charge in [-0.3, -0.25) is 9.59 Å². The van der Waals surface area contributed by atoms with Crippen molar-refractivity contribution in [2.24, 2.45) is 0 Å². The first-order valence-electron chi connectivity index (χ1n) is 10.5. The molecule has 0 aliphatic heterocycles. The first kappa shape index (κ1) is 20.2. The lowest BCUT2D eigenvalue weighted by Gasteiger charge is -2.21. The number of hydrogen-bond donors (Lipinski definition) is 0. The first-order valence-corrected chi connectivity index (χ1v) is 10.5. The molecule has 1 fully saturated rings. The molecule has 1 aliphatic rings. The van der Waals surface area contributed by atoms with Crippen LogP contribution in [0, 0.1) is 0 Å². The third-order valence-corrected chi connectivity index (χ3v) is 5.64. The number of methoxy groups -OCH3 is 1. The van der Waals surface area contributed by atoms with Crippen molar-refractivity contribution >= 4 is 22.7 Å². The number of rotatable bonds is 7. The minimum atomic E-state index is -0.238. The molecule has 0 amide bonds. The van der Waals surface area contributed by atoms with E-state index in [2.05, 4.69) is 0 Å². The van der Waals surface area contributed by atoms with Crippen LogP contribution in [0.5, 0.6) is 5.75 Å². The monoisotopic (exact) mass is 406 g/mol. The summed E-state index contributed by atoms with van der Waals surface area (Å²) in [5, 5.41) is 0.693. The molecule has 0 unspecified atom stereocenters. The third-order valence-electron chi connectivity index (χ3n) is 5.64. The average Bonchev–Trinajstić information content (AvgIpc) is 3.16. The Morgan fingerprint density at radius 3 is 2.53 bits per heavy atom. The van der Waals surface area contributed by atoms with Gasteiger partial charge in [-0.05, 0) is 43.9 Å². The molecular formula is C25H26O5. The highest BCUT2D eigenvalue weighted by molar-refractivity contribution is 6.17. The normalized spacial score (nSPS) is 14.6. The molecule has 30 heavy (non-hydrogen) atoms. The Morgan fingerprint density at radius 2 is 1.80 bits per heavy atom. The second-order valence-corrected chi connectivity index (χ2v) is 7.71. The van der Waals surface area contributed by atoms with Crippen LogP contribution in [0.15, 0.2) is 52.9 Å². The van der Waals surface area contributed by atoms with Crippen molar-refractivity contribution in [1.82, 2.24) is 0 Å². The van der Waals surface area contributed by atoms with E-state index in [1.165, 1.54) is 6.42 Å². The van der Waals surface area contributed by atoms with E-state index in [0.29, 0.717) is 40.0 Å². The molecule has 2 aromatic carbocycles. The molecule has 5 heteroatoms. The van der Waals surface area contributed by atoms with Gasteiger partial charge in [-0.15, -0.1) is 0 Å². The zero-order valence-corrected chi connectivity index (χ0v) is 17.2. The zero-order chi connectivity index (χ0) is 20.9. The van der Waals surface area contributed by atoms with Gasteiger partial charge in [0.15, 0.2) is 5.78 Å². The Labute approximate surface area is 176 Å². The minimum absolute atomic E-state index is 0.0246. The highest BCUT2D eigenvalue weighted by Gasteiger charge is 2.24. The molecule has 4 rings (SSSR count). The van der Waals surface area contributed by atoms with Crippen LogP contribution < -0.4 is 4.74 Å². The van der Waals surface area contributed by atoms with Crippen molar-refractivity contribution in [2.45, 2.75) is 51.0 Å². The van der Waals surface area contributed by atoms with E-state index in [1.54, 1.807) is 37.4 Å². The lowest BCUT2D eigenvalue weighted by molar-refractivity contribution is -0.150. The van der Waals surface area contributed by atoms with Gasteiger partial charge in [0, 0.05) is 17.4 Å². The van der Waals surface area contributed by atoms with Crippen molar-refractivity contribution in [3.05, 3.63) is 65.4 Å². The SMILES string of the molecule is COc1ccc2oc(CCC(=O)OC3CCCCC3)c(C(=O)c3ccccc3)c2c1. The summed E-state index contributed by atoms with van der Waals surface area (Å²) in [6.07, 6.45) is 5.83. The van der Waals surface area contributed by atoms with E-state index in [0.717, 1.165) is 25.7 Å². The van der Waals surface area contributed by atoms with E-state index >= 15 is 0 Å². The van der Waals surface area contributed by atoms with Crippen molar-refractivity contribution in [1.29, 1.82) is 0 Å². The molecule has 5 nitrogen and oxygen atoms in total. The fourth-order valence-corrected chi connectivity index (χ4v) is 4.06. The number of aryl methyl sites for hydroxylation is 1. The Hall–Kier alpha value is -3.08. The molecular weight excluding hydrogens is 380 g/mol. The molecule has 0 saturated heterocycles. The van der Waals surface area contributed by atoms with Crippen LogP contribution in [0.3, 0.4) is 0 Å². The summed E-state index contributed by atoms with van der Waals surface area (Å²) in [6, 6.07) is 14.5. The second-order valence-electron chi connectivity index (χ2n) is 7.71. The molecule has 0 N–H and O–H groups in total. The van der Waals surface area contributed by atoms with Crippen molar-refractivity contribution in [3.63, 3.8) is 0 Å². The van der Waals surface area contributed by atoms with E-state index < -0.39 is 0 Å². The summed E-state index contributed by atoms with van der Waals surface area (Å²) in [6.45, 7) is 0. The van der Waals surface area contributed by atoms with Crippen LogP contribution in [0.4, 0.5) is 0 Å². The van der Waals surface area contributed by atoms with Crippen LogP contribution in [0.25, 0.3) is 11.0 Å². The van der Waals surface area contributed by atoms with Gasteiger partial charge in [-0.2, -0.15) is 0 Å². The number of furan rings is 1. The highest BCUT2D eigenvalue weighted by Crippen LogP contribution is 2.32. The minimum Gasteiger partial charge on any atom is -0.497 e. The predicted molar refractivity (Wildman–Crippen MR) is 114 cm³/mol. The van der Waals surface area contributed by atoms with Crippen LogP contribution in [0.1, 0.15) is 60.2 Å². The molecule has 1 heterocycles. The standard InChI is InChI=1S/C25H26O5/c1-28-19-12-13-21-20(16-19)24(25(27)17-8-4-2-5-9-17)22(30-21)14-15-23(26)29-18-10-6-3-7-11-18/h2,4-5,8-9,12-13,16,18H,3,6-7,10-11,14-15H2,1H3. The second kappa shape index (κ2) is 9.16. The molecule has 1 aromatic heterocycles. The summed E-state index contributed by atoms with van der Waals surface area (Å²) in [4.78, 5) is 25.7. The average molecular weight is 406 g/mol. The van der Waals surface area contributed by atoms with Gasteiger partial charge in [-0.1, -0.05) is 36.8 Å². The lowest BCUT2D eigenvalue weighted by atomic mass is 9.97. The molecule has 0 radical (unpaired) electrons. The van der Waals surface area contributed by atoms with Crippen LogP contribution in [0.2, 0.25) is 0 Å². The van der Waals surface area contributed by atoms with Crippen LogP contribution in [-0.4, -0.2) is 25.0 Å². The molecule has 1 aliphatic carbocycles. The van der Waals surface area contributed by atoms with Gasteiger partial charge < -0.3 is 13.9 Å². The maximum absolute atomic E-state index is 13.3. The Morgan fingerprint density at radius 1 is 1.03 bits per heavy atom. The van der Waals surface area contributed by atoms with E-state index in [-0.39, 0.29) is 24.3 Å². The summed E-state index contributed by atoms with van der Waals surface area (Å²) >= 11 is 0. The third kappa shape index (κ3) is 4.40. The Bertz CT molecular complexity index is 1030. The van der Waals surface area contributed by atoms with Gasteiger partial charge in [-0.25, -0.2) is 0 Å². The number of benzene rings is 2. The van der Waals surface area contributed by atoms with E-state index in [1.807, 2.05) is 18.2 Å². The van der Waals surface area contributed by atoms with Crippen molar-refractivity contribution < 1.29 is 23.5 Å². The molecule has 156 valence electrons. The van der Waals surface area contributed by atoms with Gasteiger partial charge in [0.05, 0.1) is 19.1 Å². The van der Waals surface area contributed by atoms with Gasteiger partial charge in [0.25, 0.3) is 0 Å². The number of hydrogen-bond acceptors (Lipinski definition) is 5. The maximum Gasteiger partial charge on any atom is 0.306 e. The van der Waals surface area contributed by atoms with E-state index in [4.69, 9.17) is 13.9 Å². The molecule has 0 atom stereocenters. The maximum atomic E-state index is 13.3. The zero-order valence-electron chi connectivity index (χ0n) is 17.2. The van der Waals surface area contributed by atoms with Gasteiger partial charge in [0.1, 0.15) is 23.2 Å². The number of ketones is 1. The predicted octanol–water partition coefficient (Wildman–Crippen LogP) is 5.48. The number of fused-ring (bicyclic) bond motifs is 1. The fourth-order valence-electron chi connectivity index (χ4n) is 4.06. The number of ether oxygens (including phenoxy) is 2.